The summed E-state index contributed by atoms with van der Waals surface area (Å²) in [6.07, 6.45) is 0. The van der Waals surface area contributed by atoms with Crippen molar-refractivity contribution in [1.82, 2.24) is 4.31 Å². The average Bonchev–Trinajstić information content (AvgIpc) is 2.75. The van der Waals surface area contributed by atoms with Gasteiger partial charge in [-0.15, -0.1) is 0 Å². The summed E-state index contributed by atoms with van der Waals surface area (Å²) in [4.78, 5) is 26.7. The van der Waals surface area contributed by atoms with Crippen LogP contribution in [0, 0.1) is 5.82 Å². The van der Waals surface area contributed by atoms with Gasteiger partial charge in [0.25, 0.3) is 0 Å². The highest BCUT2D eigenvalue weighted by atomic mass is 35.5. The van der Waals surface area contributed by atoms with Gasteiger partial charge in [0.1, 0.15) is 18.1 Å². The number of fused-ring (bicyclic) bond motifs is 1. The van der Waals surface area contributed by atoms with E-state index in [2.05, 4.69) is 5.32 Å². The summed E-state index contributed by atoms with van der Waals surface area (Å²) in [6, 6.07) is 18.9. The molecule has 1 heterocycles. The fourth-order valence-corrected chi connectivity index (χ4v) is 4.43. The van der Waals surface area contributed by atoms with Crippen molar-refractivity contribution >= 4 is 46.7 Å². The minimum atomic E-state index is -0.500. The van der Waals surface area contributed by atoms with E-state index >= 15 is 0 Å². The highest BCUT2D eigenvalue weighted by molar-refractivity contribution is 7.97. The standard InChI is InChI=1S/C23H16ClFN2O3S/c24-18-7-3-1-5-16(18)22(29)21-23(30)17-6-2-4-8-19(17)31-27(21)13-20(28)26-15-11-9-14(25)10-12-15/h1-12,30H,13H2,(H,26,28). The van der Waals surface area contributed by atoms with Crippen LogP contribution in [0.5, 0.6) is 0 Å². The molecule has 156 valence electrons. The number of nitrogens with zero attached hydrogens (tertiary/aromatic N) is 1. The molecular formula is C23H16ClFN2O3S. The number of aliphatic hydroxyl groups excluding tert-OH is 1. The number of carbonyl (C=O) groups excluding carboxylic acids is 2. The number of amides is 1. The molecule has 0 fully saturated rings. The maximum atomic E-state index is 13.3. The van der Waals surface area contributed by atoms with E-state index in [0.717, 1.165) is 0 Å². The number of carbonyl (C=O) groups is 2. The largest absolute Gasteiger partial charge is 0.505 e. The molecule has 1 aliphatic heterocycles. The normalized spacial score (nSPS) is 13.0. The van der Waals surface area contributed by atoms with E-state index in [9.17, 15) is 19.1 Å². The zero-order chi connectivity index (χ0) is 22.0. The fraction of sp³-hybridized carbons (Fsp3) is 0.0435. The van der Waals surface area contributed by atoms with E-state index < -0.39 is 17.5 Å². The zero-order valence-electron chi connectivity index (χ0n) is 16.0. The molecule has 8 heteroatoms. The number of hydrogen-bond acceptors (Lipinski definition) is 5. The van der Waals surface area contributed by atoms with Gasteiger partial charge in [0.15, 0.2) is 5.76 Å². The molecule has 4 rings (SSSR count). The Morgan fingerprint density at radius 3 is 2.42 bits per heavy atom. The molecule has 0 bridgehead atoms. The molecule has 5 nitrogen and oxygen atoms in total. The summed E-state index contributed by atoms with van der Waals surface area (Å²) >= 11 is 7.37. The number of rotatable bonds is 5. The number of hydrogen-bond donors (Lipinski definition) is 2. The number of anilines is 1. The molecule has 31 heavy (non-hydrogen) atoms. The van der Waals surface area contributed by atoms with E-state index in [1.165, 1.54) is 40.5 Å². The van der Waals surface area contributed by atoms with Crippen molar-refractivity contribution in [3.63, 3.8) is 0 Å². The average molecular weight is 455 g/mol. The van der Waals surface area contributed by atoms with Crippen LogP contribution in [0.3, 0.4) is 0 Å². The van der Waals surface area contributed by atoms with Crippen LogP contribution in [0.25, 0.3) is 5.76 Å². The Kier molecular flexibility index (Phi) is 5.97. The van der Waals surface area contributed by atoms with E-state index in [1.54, 1.807) is 48.5 Å². The third-order valence-electron chi connectivity index (χ3n) is 4.57. The second-order valence-corrected chi connectivity index (χ2v) is 8.16. The van der Waals surface area contributed by atoms with Crippen LogP contribution >= 0.6 is 23.5 Å². The quantitative estimate of drug-likeness (QED) is 0.390. The van der Waals surface area contributed by atoms with Gasteiger partial charge in [0.2, 0.25) is 11.7 Å². The highest BCUT2D eigenvalue weighted by Gasteiger charge is 2.33. The first-order valence-corrected chi connectivity index (χ1v) is 10.4. The predicted octanol–water partition coefficient (Wildman–Crippen LogP) is 5.55. The topological polar surface area (TPSA) is 69.6 Å². The van der Waals surface area contributed by atoms with E-state index in [-0.39, 0.29) is 28.6 Å². The molecule has 0 radical (unpaired) electrons. The minimum absolute atomic E-state index is 0.0361. The number of ketones is 1. The molecule has 3 aromatic carbocycles. The Labute approximate surface area is 187 Å². The molecule has 1 amide bonds. The molecule has 0 saturated heterocycles. The summed E-state index contributed by atoms with van der Waals surface area (Å²) in [5, 5.41) is 13.8. The van der Waals surface area contributed by atoms with Crippen LogP contribution < -0.4 is 5.32 Å². The van der Waals surface area contributed by atoms with Crippen LogP contribution in [-0.2, 0) is 4.79 Å². The highest BCUT2D eigenvalue weighted by Crippen LogP contribution is 2.41. The maximum absolute atomic E-state index is 13.3. The van der Waals surface area contributed by atoms with Crippen molar-refractivity contribution in [3.05, 3.63) is 100 Å². The molecule has 0 spiro atoms. The lowest BCUT2D eigenvalue weighted by molar-refractivity contribution is -0.116. The lowest BCUT2D eigenvalue weighted by atomic mass is 10.0. The third-order valence-corrected chi connectivity index (χ3v) is 5.99. The SMILES string of the molecule is O=C(CN1Sc2ccccc2C(O)=C1C(=O)c1ccccc1Cl)Nc1ccc(F)cc1. The lowest BCUT2D eigenvalue weighted by Crippen LogP contribution is -2.33. The summed E-state index contributed by atoms with van der Waals surface area (Å²) in [5.74, 6) is -1.58. The summed E-state index contributed by atoms with van der Waals surface area (Å²) in [7, 11) is 0. The molecule has 2 N–H and O–H groups in total. The van der Waals surface area contributed by atoms with Gasteiger partial charge in [-0.1, -0.05) is 35.9 Å². The number of nitrogens with one attached hydrogen (secondary N) is 1. The first-order valence-electron chi connectivity index (χ1n) is 9.27. The Balaban J connectivity index is 1.67. The van der Waals surface area contributed by atoms with Gasteiger partial charge in [-0.25, -0.2) is 4.39 Å². The van der Waals surface area contributed by atoms with Gasteiger partial charge in [-0.05, 0) is 60.5 Å². The third kappa shape index (κ3) is 4.42. The molecule has 0 aliphatic carbocycles. The number of halogens is 2. The van der Waals surface area contributed by atoms with Crippen molar-refractivity contribution in [3.8, 4) is 0 Å². The van der Waals surface area contributed by atoms with Crippen LogP contribution in [0.1, 0.15) is 15.9 Å². The second kappa shape index (κ2) is 8.83. The number of benzene rings is 3. The van der Waals surface area contributed by atoms with Crippen molar-refractivity contribution < 1.29 is 19.1 Å². The predicted molar refractivity (Wildman–Crippen MR) is 119 cm³/mol. The van der Waals surface area contributed by atoms with Crippen LogP contribution in [-0.4, -0.2) is 27.6 Å². The van der Waals surface area contributed by atoms with Gasteiger partial charge in [-0.3, -0.25) is 13.9 Å². The molecule has 0 saturated carbocycles. The van der Waals surface area contributed by atoms with Gasteiger partial charge in [-0.2, -0.15) is 0 Å². The molecule has 0 atom stereocenters. The first kappa shape index (κ1) is 21.0. The summed E-state index contributed by atoms with van der Waals surface area (Å²) < 4.78 is 14.5. The van der Waals surface area contributed by atoms with Crippen LogP contribution in [0.2, 0.25) is 5.02 Å². The lowest BCUT2D eigenvalue weighted by Gasteiger charge is -2.30. The Morgan fingerprint density at radius 1 is 1.00 bits per heavy atom. The molecule has 1 aliphatic rings. The second-order valence-electron chi connectivity index (χ2n) is 6.69. The van der Waals surface area contributed by atoms with Gasteiger partial charge in [0.05, 0.1) is 5.02 Å². The zero-order valence-corrected chi connectivity index (χ0v) is 17.6. The molecular weight excluding hydrogens is 439 g/mol. The van der Waals surface area contributed by atoms with Crippen LogP contribution in [0.4, 0.5) is 10.1 Å². The molecule has 0 unspecified atom stereocenters. The van der Waals surface area contributed by atoms with E-state index in [1.807, 2.05) is 0 Å². The van der Waals surface area contributed by atoms with Crippen molar-refractivity contribution in [2.24, 2.45) is 0 Å². The van der Waals surface area contributed by atoms with Gasteiger partial charge < -0.3 is 10.4 Å². The van der Waals surface area contributed by atoms with E-state index in [4.69, 9.17) is 11.6 Å². The minimum Gasteiger partial charge on any atom is -0.505 e. The molecule has 3 aromatic rings. The Bertz CT molecular complexity index is 1200. The van der Waals surface area contributed by atoms with Gasteiger partial charge in [0, 0.05) is 21.7 Å². The maximum Gasteiger partial charge on any atom is 0.244 e. The fourth-order valence-electron chi connectivity index (χ4n) is 3.12. The van der Waals surface area contributed by atoms with E-state index in [0.29, 0.717) is 16.1 Å². The Morgan fingerprint density at radius 2 is 1.68 bits per heavy atom. The summed E-state index contributed by atoms with van der Waals surface area (Å²) in [5.41, 5.74) is 1.10. The molecule has 0 aromatic heterocycles. The van der Waals surface area contributed by atoms with Crippen molar-refractivity contribution in [2.45, 2.75) is 4.90 Å². The Hall–Kier alpha value is -3.29. The van der Waals surface area contributed by atoms with Gasteiger partial charge >= 0.3 is 0 Å². The first-order chi connectivity index (χ1) is 14.9. The number of Topliss-reactive ketones (excluding diaryl/α,β-unsaturated/α-hetero) is 1. The smallest absolute Gasteiger partial charge is 0.244 e. The van der Waals surface area contributed by atoms with Crippen molar-refractivity contribution in [2.75, 3.05) is 11.9 Å². The van der Waals surface area contributed by atoms with Crippen molar-refractivity contribution in [1.29, 1.82) is 0 Å². The van der Waals surface area contributed by atoms with Crippen LogP contribution in [0.15, 0.2) is 83.4 Å². The number of allylic oxidation sites excluding steroid dienone is 1. The number of aliphatic hydroxyl groups is 1. The summed E-state index contributed by atoms with van der Waals surface area (Å²) in [6.45, 7) is -0.230. The monoisotopic (exact) mass is 454 g/mol.